The number of fused-ring (bicyclic) bond motifs is 1. The third-order valence-corrected chi connectivity index (χ3v) is 3.30. The van der Waals surface area contributed by atoms with Gasteiger partial charge in [-0.05, 0) is 24.3 Å². The van der Waals surface area contributed by atoms with Gasteiger partial charge in [0.15, 0.2) is 0 Å². The number of aromatic nitrogens is 2. The number of hydrogen-bond donors (Lipinski definition) is 3. The van der Waals surface area contributed by atoms with Crippen LogP contribution in [0.15, 0.2) is 42.5 Å². The molecule has 0 spiro atoms. The Morgan fingerprint density at radius 2 is 2.14 bits per heavy atom. The van der Waals surface area contributed by atoms with E-state index >= 15 is 0 Å². The van der Waals surface area contributed by atoms with Gasteiger partial charge in [-0.2, -0.15) is 0 Å². The normalized spacial score (nSPS) is 10.6. The highest BCUT2D eigenvalue weighted by Crippen LogP contribution is 2.23. The first-order chi connectivity index (χ1) is 10.7. The monoisotopic (exact) mass is 297 g/mol. The van der Waals surface area contributed by atoms with E-state index in [4.69, 9.17) is 4.74 Å². The molecular formula is C16H15N3O3. The summed E-state index contributed by atoms with van der Waals surface area (Å²) in [5, 5.41) is 12.6. The summed E-state index contributed by atoms with van der Waals surface area (Å²) in [6, 6.07) is 12.2. The van der Waals surface area contributed by atoms with Crippen LogP contribution in [0.5, 0.6) is 11.5 Å². The highest BCUT2D eigenvalue weighted by atomic mass is 16.5. The molecule has 6 nitrogen and oxygen atoms in total. The summed E-state index contributed by atoms with van der Waals surface area (Å²) >= 11 is 0. The third kappa shape index (κ3) is 2.71. The number of carbonyl (C=O) groups excluding carboxylic acids is 1. The van der Waals surface area contributed by atoms with Crippen LogP contribution in [-0.4, -0.2) is 28.1 Å². The molecule has 1 heterocycles. The van der Waals surface area contributed by atoms with Crippen LogP contribution in [-0.2, 0) is 6.54 Å². The van der Waals surface area contributed by atoms with Crippen molar-refractivity contribution >= 4 is 16.9 Å². The fourth-order valence-corrected chi connectivity index (χ4v) is 2.18. The highest BCUT2D eigenvalue weighted by molar-refractivity contribution is 5.96. The van der Waals surface area contributed by atoms with Crippen molar-refractivity contribution in [2.24, 2.45) is 0 Å². The van der Waals surface area contributed by atoms with Crippen LogP contribution in [0.4, 0.5) is 0 Å². The molecule has 0 aliphatic heterocycles. The third-order valence-electron chi connectivity index (χ3n) is 3.30. The molecule has 3 N–H and O–H groups in total. The number of hydrogen-bond acceptors (Lipinski definition) is 4. The molecule has 3 aromatic rings. The number of methoxy groups -OCH3 is 1. The lowest BCUT2D eigenvalue weighted by atomic mass is 10.2. The first-order valence-electron chi connectivity index (χ1n) is 6.76. The highest BCUT2D eigenvalue weighted by Gasteiger charge is 2.12. The lowest BCUT2D eigenvalue weighted by molar-refractivity contribution is 0.0947. The Kier molecular flexibility index (Phi) is 3.65. The van der Waals surface area contributed by atoms with Crippen molar-refractivity contribution in [3.05, 3.63) is 53.9 Å². The van der Waals surface area contributed by atoms with Crippen LogP contribution in [0.25, 0.3) is 11.0 Å². The van der Waals surface area contributed by atoms with Crippen molar-refractivity contribution in [3.63, 3.8) is 0 Å². The van der Waals surface area contributed by atoms with Crippen LogP contribution in [0.3, 0.4) is 0 Å². The zero-order valence-electron chi connectivity index (χ0n) is 12.0. The van der Waals surface area contributed by atoms with Gasteiger partial charge in [0, 0.05) is 6.07 Å². The van der Waals surface area contributed by atoms with Crippen molar-refractivity contribution in [3.8, 4) is 11.5 Å². The number of benzene rings is 2. The van der Waals surface area contributed by atoms with Gasteiger partial charge in [0.25, 0.3) is 5.91 Å². The average Bonchev–Trinajstić information content (AvgIpc) is 2.95. The van der Waals surface area contributed by atoms with Crippen molar-refractivity contribution in [1.29, 1.82) is 0 Å². The number of imidazole rings is 1. The van der Waals surface area contributed by atoms with E-state index in [9.17, 15) is 9.90 Å². The number of aromatic hydroxyl groups is 1. The zero-order chi connectivity index (χ0) is 15.5. The molecular weight excluding hydrogens is 282 g/mol. The van der Waals surface area contributed by atoms with Gasteiger partial charge in [-0.15, -0.1) is 0 Å². The molecule has 0 unspecified atom stereocenters. The number of amides is 1. The fraction of sp³-hybridized carbons (Fsp3) is 0.125. The Hall–Kier alpha value is -3.02. The quantitative estimate of drug-likeness (QED) is 0.689. The van der Waals surface area contributed by atoms with Crippen molar-refractivity contribution in [2.45, 2.75) is 6.54 Å². The van der Waals surface area contributed by atoms with E-state index in [0.717, 1.165) is 11.0 Å². The summed E-state index contributed by atoms with van der Waals surface area (Å²) in [5.41, 5.74) is 1.95. The number of rotatable bonds is 4. The minimum Gasteiger partial charge on any atom is -0.507 e. The van der Waals surface area contributed by atoms with Gasteiger partial charge in [0.2, 0.25) is 0 Å². The lowest BCUT2D eigenvalue weighted by Crippen LogP contribution is -2.23. The second-order valence-electron chi connectivity index (χ2n) is 4.77. The van der Waals surface area contributed by atoms with Crippen LogP contribution >= 0.6 is 0 Å². The Balaban J connectivity index is 1.71. The molecule has 1 amide bonds. The first kappa shape index (κ1) is 13.9. The number of carbonyl (C=O) groups is 1. The standard InChI is InChI=1S/C16H15N3O3/c1-22-10-6-7-11(14(20)8-10)16(21)17-9-15-18-12-4-2-3-5-13(12)19-15/h2-8,20H,9H2,1H3,(H,17,21)(H,18,19). The molecule has 1 aromatic heterocycles. The molecule has 6 heteroatoms. The van der Waals surface area contributed by atoms with E-state index in [1.54, 1.807) is 6.07 Å². The van der Waals surface area contributed by atoms with E-state index < -0.39 is 0 Å². The SMILES string of the molecule is COc1ccc(C(=O)NCc2nc3ccccc3[nH]2)c(O)c1. The smallest absolute Gasteiger partial charge is 0.255 e. The summed E-state index contributed by atoms with van der Waals surface area (Å²) in [4.78, 5) is 19.6. The topological polar surface area (TPSA) is 87.2 Å². The molecule has 0 aliphatic carbocycles. The van der Waals surface area contributed by atoms with Gasteiger partial charge in [0.05, 0.1) is 30.3 Å². The van der Waals surface area contributed by atoms with Gasteiger partial charge in [0.1, 0.15) is 17.3 Å². The molecule has 112 valence electrons. The van der Waals surface area contributed by atoms with Gasteiger partial charge in [-0.1, -0.05) is 12.1 Å². The van der Waals surface area contributed by atoms with Crippen molar-refractivity contribution in [2.75, 3.05) is 7.11 Å². The molecule has 0 bridgehead atoms. The second kappa shape index (κ2) is 5.77. The van der Waals surface area contributed by atoms with E-state index in [1.807, 2.05) is 24.3 Å². The number of ether oxygens (including phenoxy) is 1. The second-order valence-corrected chi connectivity index (χ2v) is 4.77. The summed E-state index contributed by atoms with van der Waals surface area (Å²) in [6.45, 7) is 0.249. The van der Waals surface area contributed by atoms with Crippen LogP contribution in [0.2, 0.25) is 0 Å². The molecule has 2 aromatic carbocycles. The number of nitrogens with one attached hydrogen (secondary N) is 2. The molecule has 0 saturated carbocycles. The molecule has 0 radical (unpaired) electrons. The van der Waals surface area contributed by atoms with Crippen LogP contribution in [0, 0.1) is 0 Å². The summed E-state index contributed by atoms with van der Waals surface area (Å²) in [6.07, 6.45) is 0. The van der Waals surface area contributed by atoms with E-state index in [2.05, 4.69) is 15.3 Å². The first-order valence-corrected chi connectivity index (χ1v) is 6.76. The van der Waals surface area contributed by atoms with Gasteiger partial charge >= 0.3 is 0 Å². The summed E-state index contributed by atoms with van der Waals surface area (Å²) in [7, 11) is 1.50. The Morgan fingerprint density at radius 3 is 2.86 bits per heavy atom. The number of phenols is 1. The van der Waals surface area contributed by atoms with E-state index in [-0.39, 0.29) is 23.8 Å². The maximum absolute atomic E-state index is 12.1. The van der Waals surface area contributed by atoms with Gasteiger partial charge < -0.3 is 20.1 Å². The number of aromatic amines is 1. The molecule has 3 rings (SSSR count). The molecule has 22 heavy (non-hydrogen) atoms. The predicted molar refractivity (Wildman–Crippen MR) is 81.9 cm³/mol. The minimum absolute atomic E-state index is 0.124. The predicted octanol–water partition coefficient (Wildman–Crippen LogP) is 2.21. The molecule has 0 saturated heterocycles. The summed E-state index contributed by atoms with van der Waals surface area (Å²) < 4.78 is 4.99. The van der Waals surface area contributed by atoms with E-state index in [1.165, 1.54) is 19.2 Å². The largest absolute Gasteiger partial charge is 0.507 e. The maximum Gasteiger partial charge on any atom is 0.255 e. The van der Waals surface area contributed by atoms with Gasteiger partial charge in [-0.25, -0.2) is 4.98 Å². The maximum atomic E-state index is 12.1. The molecule has 0 atom stereocenters. The van der Waals surface area contributed by atoms with Crippen LogP contribution < -0.4 is 10.1 Å². The molecule has 0 fully saturated rings. The number of phenolic OH excluding ortho intramolecular Hbond substituents is 1. The van der Waals surface area contributed by atoms with Crippen LogP contribution in [0.1, 0.15) is 16.2 Å². The molecule has 0 aliphatic rings. The van der Waals surface area contributed by atoms with E-state index in [0.29, 0.717) is 11.6 Å². The Bertz CT molecular complexity index is 793. The number of nitrogens with zero attached hydrogens (tertiary/aromatic N) is 1. The Morgan fingerprint density at radius 1 is 1.32 bits per heavy atom. The average molecular weight is 297 g/mol. The minimum atomic E-state index is -0.374. The van der Waals surface area contributed by atoms with Gasteiger partial charge in [-0.3, -0.25) is 4.79 Å². The number of H-pyrrole nitrogens is 1. The summed E-state index contributed by atoms with van der Waals surface area (Å²) in [5.74, 6) is 0.649. The Labute approximate surface area is 126 Å². The number of para-hydroxylation sites is 2. The fourth-order valence-electron chi connectivity index (χ4n) is 2.18. The van der Waals surface area contributed by atoms with Crippen molar-refractivity contribution < 1.29 is 14.6 Å². The lowest BCUT2D eigenvalue weighted by Gasteiger charge is -2.07. The van der Waals surface area contributed by atoms with Crippen molar-refractivity contribution in [1.82, 2.24) is 15.3 Å². The zero-order valence-corrected chi connectivity index (χ0v) is 12.0.